The zero-order valence-corrected chi connectivity index (χ0v) is 20.1. The Morgan fingerprint density at radius 2 is 1.79 bits per heavy atom. The number of hydrogen-bond donors (Lipinski definition) is 0. The van der Waals surface area contributed by atoms with Gasteiger partial charge in [-0.2, -0.15) is 4.31 Å². The van der Waals surface area contributed by atoms with E-state index >= 15 is 4.39 Å². The Bertz CT molecular complexity index is 1090. The Labute approximate surface area is 196 Å². The average Bonchev–Trinajstić information content (AvgIpc) is 3.04. The van der Waals surface area contributed by atoms with E-state index < -0.39 is 21.1 Å². The van der Waals surface area contributed by atoms with E-state index in [-0.39, 0.29) is 18.5 Å². The molecule has 2 heterocycles. The lowest BCUT2D eigenvalue weighted by Crippen LogP contribution is -2.44. The normalized spacial score (nSPS) is 23.8. The first-order valence-corrected chi connectivity index (χ1v) is 13.1. The van der Waals surface area contributed by atoms with Crippen LogP contribution in [0.5, 0.6) is 0 Å². The second-order valence-corrected chi connectivity index (χ2v) is 11.1. The molecule has 0 aromatic heterocycles. The molecular weight excluding hydrogens is 441 g/mol. The molecular formula is C25H32FN3O3S. The Hall–Kier alpha value is -2.45. The predicted octanol–water partition coefficient (Wildman–Crippen LogP) is 3.94. The van der Waals surface area contributed by atoms with Crippen molar-refractivity contribution in [2.45, 2.75) is 50.9 Å². The first-order valence-electron chi connectivity index (χ1n) is 11.6. The van der Waals surface area contributed by atoms with E-state index in [4.69, 9.17) is 0 Å². The van der Waals surface area contributed by atoms with Crippen molar-refractivity contribution in [1.29, 1.82) is 0 Å². The van der Waals surface area contributed by atoms with Gasteiger partial charge >= 0.3 is 0 Å². The summed E-state index contributed by atoms with van der Waals surface area (Å²) in [6.07, 6.45) is 2.13. The van der Waals surface area contributed by atoms with Crippen molar-refractivity contribution in [3.8, 4) is 0 Å². The quantitative estimate of drug-likeness (QED) is 0.675. The molecule has 2 aliphatic heterocycles. The van der Waals surface area contributed by atoms with E-state index in [0.29, 0.717) is 31.6 Å². The third-order valence-corrected chi connectivity index (χ3v) is 9.23. The summed E-state index contributed by atoms with van der Waals surface area (Å²) in [5.74, 6) is -0.339. The summed E-state index contributed by atoms with van der Waals surface area (Å²) in [5, 5.41) is -0.599. The molecule has 2 fully saturated rings. The fourth-order valence-corrected chi connectivity index (χ4v) is 7.06. The Kier molecular flexibility index (Phi) is 7.05. The summed E-state index contributed by atoms with van der Waals surface area (Å²) >= 11 is 0. The van der Waals surface area contributed by atoms with Gasteiger partial charge < -0.3 is 9.80 Å². The zero-order chi connectivity index (χ0) is 23.6. The highest BCUT2D eigenvalue weighted by Crippen LogP contribution is 2.38. The van der Waals surface area contributed by atoms with E-state index in [2.05, 4.69) is 4.90 Å². The van der Waals surface area contributed by atoms with Crippen LogP contribution in [-0.2, 0) is 21.4 Å². The van der Waals surface area contributed by atoms with Crippen LogP contribution < -0.4 is 4.90 Å². The number of carbonyl (C=O) groups is 1. The summed E-state index contributed by atoms with van der Waals surface area (Å²) in [7, 11) is -3.61. The van der Waals surface area contributed by atoms with Crippen LogP contribution in [0.1, 0.15) is 49.5 Å². The molecule has 2 aliphatic rings. The molecule has 0 N–H and O–H groups in total. The molecule has 4 rings (SSSR count). The van der Waals surface area contributed by atoms with Crippen LogP contribution in [0.4, 0.5) is 10.1 Å². The molecule has 33 heavy (non-hydrogen) atoms. The molecule has 2 aromatic rings. The minimum atomic E-state index is -3.61. The number of sulfonamides is 1. The van der Waals surface area contributed by atoms with E-state index in [1.54, 1.807) is 13.0 Å². The van der Waals surface area contributed by atoms with Crippen LogP contribution in [0.3, 0.4) is 0 Å². The van der Waals surface area contributed by atoms with Crippen molar-refractivity contribution in [3.63, 3.8) is 0 Å². The Morgan fingerprint density at radius 3 is 2.48 bits per heavy atom. The standard InChI is InChI=1S/C25H32FN3O3S/c1-19-9-12-25(21-7-4-3-5-8-21)33(31,32)29(19)18-22-10-11-23(17-24(22)26)28-14-6-13-27(15-16-28)20(2)30/h3-5,7-8,10-11,17,19,25H,6,9,12-16,18H2,1-2H3/t19-,25?/m0/s1. The molecule has 178 valence electrons. The zero-order valence-electron chi connectivity index (χ0n) is 19.3. The smallest absolute Gasteiger partial charge is 0.221 e. The summed E-state index contributed by atoms with van der Waals surface area (Å²) < 4.78 is 43.5. The first kappa shape index (κ1) is 23.7. The van der Waals surface area contributed by atoms with Crippen molar-refractivity contribution in [2.24, 2.45) is 0 Å². The number of halogens is 1. The molecule has 1 unspecified atom stereocenters. The van der Waals surface area contributed by atoms with Crippen molar-refractivity contribution in [3.05, 3.63) is 65.5 Å². The Balaban J connectivity index is 1.52. The average molecular weight is 474 g/mol. The fourth-order valence-electron chi connectivity index (χ4n) is 4.87. The second kappa shape index (κ2) is 9.81. The summed E-state index contributed by atoms with van der Waals surface area (Å²) in [6, 6.07) is 14.1. The maximum absolute atomic E-state index is 15.2. The van der Waals surface area contributed by atoms with Crippen LogP contribution >= 0.6 is 0 Å². The number of hydrogen-bond acceptors (Lipinski definition) is 4. The summed E-state index contributed by atoms with van der Waals surface area (Å²) in [5.41, 5.74) is 1.92. The Morgan fingerprint density at radius 1 is 1.03 bits per heavy atom. The van der Waals surface area contributed by atoms with Gasteiger partial charge in [0.05, 0.1) is 0 Å². The number of anilines is 1. The molecule has 1 amide bonds. The van der Waals surface area contributed by atoms with Gasteiger partial charge in [0.1, 0.15) is 11.1 Å². The minimum absolute atomic E-state index is 0.0249. The van der Waals surface area contributed by atoms with E-state index in [9.17, 15) is 13.2 Å². The van der Waals surface area contributed by atoms with Crippen molar-refractivity contribution >= 4 is 21.6 Å². The van der Waals surface area contributed by atoms with Gasteiger partial charge in [-0.3, -0.25) is 4.79 Å². The minimum Gasteiger partial charge on any atom is -0.370 e. The number of rotatable bonds is 4. The predicted molar refractivity (Wildman–Crippen MR) is 128 cm³/mol. The molecule has 2 aromatic carbocycles. The second-order valence-electron chi connectivity index (χ2n) is 9.04. The van der Waals surface area contributed by atoms with Crippen LogP contribution in [0.25, 0.3) is 0 Å². The molecule has 0 saturated carbocycles. The lowest BCUT2D eigenvalue weighted by molar-refractivity contribution is -0.128. The highest BCUT2D eigenvalue weighted by atomic mass is 32.2. The summed E-state index contributed by atoms with van der Waals surface area (Å²) in [6.45, 7) is 6.21. The molecule has 8 heteroatoms. The molecule has 0 radical (unpaired) electrons. The monoisotopic (exact) mass is 473 g/mol. The van der Waals surface area contributed by atoms with Gasteiger partial charge in [-0.05, 0) is 43.9 Å². The number of benzene rings is 2. The maximum Gasteiger partial charge on any atom is 0.221 e. The van der Waals surface area contributed by atoms with Crippen LogP contribution in [-0.4, -0.2) is 55.8 Å². The van der Waals surface area contributed by atoms with Crippen molar-refractivity contribution in [1.82, 2.24) is 9.21 Å². The van der Waals surface area contributed by atoms with Gasteiger partial charge in [0.2, 0.25) is 15.9 Å². The molecule has 0 spiro atoms. The van der Waals surface area contributed by atoms with Gasteiger partial charge in [-0.15, -0.1) is 0 Å². The van der Waals surface area contributed by atoms with Gasteiger partial charge in [0.15, 0.2) is 0 Å². The number of amides is 1. The van der Waals surface area contributed by atoms with Crippen LogP contribution in [0.2, 0.25) is 0 Å². The SMILES string of the molecule is CC(=O)N1CCCN(c2ccc(CN3[C@@H](C)CCC(c4ccccc4)S3(=O)=O)c(F)c2)CC1. The third kappa shape index (κ3) is 5.06. The number of nitrogens with zero attached hydrogens (tertiary/aromatic N) is 3. The van der Waals surface area contributed by atoms with Crippen molar-refractivity contribution < 1.29 is 17.6 Å². The van der Waals surface area contributed by atoms with Gasteiger partial charge in [-0.25, -0.2) is 12.8 Å². The topological polar surface area (TPSA) is 60.9 Å². The highest BCUT2D eigenvalue weighted by molar-refractivity contribution is 7.89. The molecule has 0 aliphatic carbocycles. The number of carbonyl (C=O) groups excluding carboxylic acids is 1. The lowest BCUT2D eigenvalue weighted by atomic mass is 10.0. The molecule has 6 nitrogen and oxygen atoms in total. The third-order valence-electron chi connectivity index (χ3n) is 6.87. The van der Waals surface area contributed by atoms with E-state index in [1.807, 2.05) is 48.2 Å². The van der Waals surface area contributed by atoms with Crippen molar-refractivity contribution in [2.75, 3.05) is 31.1 Å². The molecule has 2 saturated heterocycles. The van der Waals surface area contributed by atoms with Gasteiger partial charge in [0, 0.05) is 56.9 Å². The fraction of sp³-hybridized carbons (Fsp3) is 0.480. The van der Waals surface area contributed by atoms with E-state index in [0.717, 1.165) is 30.6 Å². The first-order chi connectivity index (χ1) is 15.8. The molecule has 2 atom stereocenters. The lowest BCUT2D eigenvalue weighted by Gasteiger charge is -2.37. The van der Waals surface area contributed by atoms with Crippen LogP contribution in [0.15, 0.2) is 48.5 Å². The highest BCUT2D eigenvalue weighted by Gasteiger charge is 2.40. The largest absolute Gasteiger partial charge is 0.370 e. The van der Waals surface area contributed by atoms with E-state index in [1.165, 1.54) is 10.4 Å². The van der Waals surface area contributed by atoms with Gasteiger partial charge in [-0.1, -0.05) is 36.4 Å². The van der Waals surface area contributed by atoms with Crippen LogP contribution in [0, 0.1) is 5.82 Å². The summed E-state index contributed by atoms with van der Waals surface area (Å²) in [4.78, 5) is 15.6. The maximum atomic E-state index is 15.2. The van der Waals surface area contributed by atoms with Gasteiger partial charge in [0.25, 0.3) is 0 Å². The molecule has 0 bridgehead atoms.